The first kappa shape index (κ1) is 6.96. The zero-order valence-corrected chi connectivity index (χ0v) is 5.55. The molecule has 0 spiro atoms. The van der Waals surface area contributed by atoms with E-state index in [0.717, 1.165) is 0 Å². The second kappa shape index (κ2) is 2.62. The van der Waals surface area contributed by atoms with Crippen LogP contribution in [0.2, 0.25) is 0 Å². The minimum atomic E-state index is -0.901. The molecule has 1 aliphatic heterocycles. The second-order valence-electron chi connectivity index (χ2n) is 2.51. The number of aliphatic hydroxyl groups is 1. The Bertz CT molecular complexity index is 97.1. The van der Waals surface area contributed by atoms with Crippen molar-refractivity contribution < 1.29 is 9.50 Å². The van der Waals surface area contributed by atoms with Crippen LogP contribution >= 0.6 is 0 Å². The predicted molar refractivity (Wildman–Crippen MR) is 32.8 cm³/mol. The van der Waals surface area contributed by atoms with Gasteiger partial charge in [0.25, 0.3) is 0 Å². The van der Waals surface area contributed by atoms with Gasteiger partial charge < -0.3 is 5.11 Å². The van der Waals surface area contributed by atoms with Gasteiger partial charge in [-0.3, -0.25) is 4.90 Å². The molecular weight excluding hydrogens is 121 g/mol. The highest BCUT2D eigenvalue weighted by atomic mass is 19.1. The van der Waals surface area contributed by atoms with Crippen molar-refractivity contribution in [1.29, 1.82) is 0 Å². The van der Waals surface area contributed by atoms with E-state index in [9.17, 15) is 4.39 Å². The van der Waals surface area contributed by atoms with E-state index in [2.05, 4.69) is 0 Å². The first-order chi connectivity index (χ1) is 4.20. The Morgan fingerprint density at radius 3 is 2.67 bits per heavy atom. The number of halogens is 1. The summed E-state index contributed by atoms with van der Waals surface area (Å²) in [6, 6.07) is 0. The molecule has 0 aromatic heterocycles. The molecule has 1 fully saturated rings. The molecule has 1 aliphatic rings. The summed E-state index contributed by atoms with van der Waals surface area (Å²) in [4.78, 5) is 1.63. The van der Waals surface area contributed by atoms with Crippen LogP contribution in [-0.4, -0.2) is 35.5 Å². The minimum Gasteiger partial charge on any atom is -0.392 e. The maximum Gasteiger partial charge on any atom is 0.150 e. The van der Waals surface area contributed by atoms with E-state index in [0.29, 0.717) is 19.5 Å². The molecule has 0 bridgehead atoms. The fraction of sp³-hybridized carbons (Fsp3) is 1.00. The van der Waals surface area contributed by atoms with Crippen LogP contribution in [0.3, 0.4) is 0 Å². The monoisotopic (exact) mass is 133 g/mol. The molecule has 54 valence electrons. The second-order valence-corrected chi connectivity index (χ2v) is 2.51. The van der Waals surface area contributed by atoms with E-state index >= 15 is 0 Å². The largest absolute Gasteiger partial charge is 0.392 e. The lowest BCUT2D eigenvalue weighted by Gasteiger charge is -2.15. The van der Waals surface area contributed by atoms with Crippen LogP contribution in [0.25, 0.3) is 0 Å². The number of hydrogen-bond donors (Lipinski definition) is 1. The van der Waals surface area contributed by atoms with Crippen molar-refractivity contribution in [3.8, 4) is 0 Å². The Balaban J connectivity index is 2.30. The Hall–Kier alpha value is -0.150. The summed E-state index contributed by atoms with van der Waals surface area (Å²) in [6.45, 7) is 2.69. The molecule has 0 saturated carbocycles. The average molecular weight is 133 g/mol. The molecule has 0 amide bonds. The molecule has 2 atom stereocenters. The van der Waals surface area contributed by atoms with Crippen molar-refractivity contribution in [3.05, 3.63) is 0 Å². The molecule has 1 N–H and O–H groups in total. The molecule has 9 heavy (non-hydrogen) atoms. The van der Waals surface area contributed by atoms with Crippen LogP contribution in [0.5, 0.6) is 0 Å². The van der Waals surface area contributed by atoms with Crippen LogP contribution in [0.4, 0.5) is 4.39 Å². The zero-order chi connectivity index (χ0) is 6.85. The Labute approximate surface area is 54.3 Å². The SMILES string of the molecule is CC(F)N1CC[C@@H](O)C1. The molecule has 1 unspecified atom stereocenters. The lowest BCUT2D eigenvalue weighted by Crippen LogP contribution is -2.28. The van der Waals surface area contributed by atoms with Crippen molar-refractivity contribution >= 4 is 0 Å². The molecule has 3 heteroatoms. The highest BCUT2D eigenvalue weighted by Gasteiger charge is 2.23. The van der Waals surface area contributed by atoms with Gasteiger partial charge in [-0.1, -0.05) is 0 Å². The number of nitrogens with zero attached hydrogens (tertiary/aromatic N) is 1. The summed E-state index contributed by atoms with van der Waals surface area (Å²) in [5.74, 6) is 0. The van der Waals surface area contributed by atoms with Gasteiger partial charge in [0.05, 0.1) is 6.10 Å². The highest BCUT2D eigenvalue weighted by molar-refractivity contribution is 4.74. The summed E-state index contributed by atoms with van der Waals surface area (Å²) in [5, 5.41) is 8.94. The first-order valence-electron chi connectivity index (χ1n) is 3.26. The Morgan fingerprint density at radius 1 is 1.78 bits per heavy atom. The molecule has 0 radical (unpaired) electrons. The zero-order valence-electron chi connectivity index (χ0n) is 5.55. The van der Waals surface area contributed by atoms with Crippen LogP contribution < -0.4 is 0 Å². The van der Waals surface area contributed by atoms with E-state index in [4.69, 9.17) is 5.11 Å². The number of aliphatic hydroxyl groups excluding tert-OH is 1. The number of rotatable bonds is 1. The number of hydrogen-bond acceptors (Lipinski definition) is 2. The predicted octanol–water partition coefficient (Wildman–Crippen LogP) is 0.368. The molecule has 0 aromatic rings. The summed E-state index contributed by atoms with van der Waals surface area (Å²) in [5.41, 5.74) is 0. The van der Waals surface area contributed by atoms with E-state index in [1.54, 1.807) is 4.90 Å². The van der Waals surface area contributed by atoms with Crippen LogP contribution in [0, 0.1) is 0 Å². The molecular formula is C6H12FNO. The van der Waals surface area contributed by atoms with Gasteiger partial charge in [-0.15, -0.1) is 0 Å². The fourth-order valence-electron chi connectivity index (χ4n) is 1.09. The van der Waals surface area contributed by atoms with E-state index in [1.807, 2.05) is 0 Å². The lowest BCUT2D eigenvalue weighted by atomic mass is 10.3. The van der Waals surface area contributed by atoms with Gasteiger partial charge in [0.2, 0.25) is 0 Å². The quantitative estimate of drug-likeness (QED) is 0.522. The Kier molecular flexibility index (Phi) is 2.03. The lowest BCUT2D eigenvalue weighted by molar-refractivity contribution is 0.101. The van der Waals surface area contributed by atoms with Crippen LogP contribution in [0.1, 0.15) is 13.3 Å². The van der Waals surface area contributed by atoms with Gasteiger partial charge >= 0.3 is 0 Å². The van der Waals surface area contributed by atoms with Gasteiger partial charge in [-0.25, -0.2) is 4.39 Å². The fourth-order valence-corrected chi connectivity index (χ4v) is 1.09. The van der Waals surface area contributed by atoms with Crippen molar-refractivity contribution in [2.24, 2.45) is 0 Å². The van der Waals surface area contributed by atoms with Gasteiger partial charge in [-0.2, -0.15) is 0 Å². The molecule has 1 rings (SSSR count). The van der Waals surface area contributed by atoms with Crippen molar-refractivity contribution in [2.75, 3.05) is 13.1 Å². The van der Waals surface area contributed by atoms with E-state index < -0.39 is 6.30 Å². The minimum absolute atomic E-state index is 0.303. The maximum absolute atomic E-state index is 12.4. The molecule has 1 saturated heterocycles. The third kappa shape index (κ3) is 1.63. The Morgan fingerprint density at radius 2 is 2.44 bits per heavy atom. The van der Waals surface area contributed by atoms with Gasteiger partial charge in [0.15, 0.2) is 6.30 Å². The summed E-state index contributed by atoms with van der Waals surface area (Å²) < 4.78 is 12.4. The number of β-amino-alcohol motifs (C(OH)–C–C–N with tert-alkyl or cyclic N) is 1. The normalized spacial score (nSPS) is 33.0. The summed E-state index contributed by atoms with van der Waals surface area (Å²) in [7, 11) is 0. The third-order valence-corrected chi connectivity index (χ3v) is 1.70. The van der Waals surface area contributed by atoms with Crippen LogP contribution in [0.15, 0.2) is 0 Å². The smallest absolute Gasteiger partial charge is 0.150 e. The van der Waals surface area contributed by atoms with Crippen molar-refractivity contribution in [3.63, 3.8) is 0 Å². The molecule has 0 aromatic carbocycles. The summed E-state index contributed by atoms with van der Waals surface area (Å²) in [6.07, 6.45) is -0.487. The van der Waals surface area contributed by atoms with Gasteiger partial charge in [0, 0.05) is 13.1 Å². The van der Waals surface area contributed by atoms with Crippen LogP contribution in [-0.2, 0) is 0 Å². The van der Waals surface area contributed by atoms with E-state index in [-0.39, 0.29) is 6.10 Å². The van der Waals surface area contributed by atoms with E-state index in [1.165, 1.54) is 6.92 Å². The average Bonchev–Trinajstić information content (AvgIpc) is 2.14. The number of alkyl halides is 1. The molecule has 1 heterocycles. The topological polar surface area (TPSA) is 23.5 Å². The molecule has 2 nitrogen and oxygen atoms in total. The molecule has 0 aliphatic carbocycles. The van der Waals surface area contributed by atoms with Gasteiger partial charge in [0.1, 0.15) is 0 Å². The van der Waals surface area contributed by atoms with Gasteiger partial charge in [-0.05, 0) is 13.3 Å². The highest BCUT2D eigenvalue weighted by Crippen LogP contribution is 2.12. The van der Waals surface area contributed by atoms with Crippen molar-refractivity contribution in [2.45, 2.75) is 25.7 Å². The maximum atomic E-state index is 12.4. The number of likely N-dealkylation sites (tertiary alicyclic amines) is 1. The van der Waals surface area contributed by atoms with Crippen molar-refractivity contribution in [1.82, 2.24) is 4.90 Å². The standard InChI is InChI=1S/C6H12FNO/c1-5(7)8-3-2-6(9)4-8/h5-6,9H,2-4H2,1H3/t5?,6-/m1/s1. The summed E-state index contributed by atoms with van der Waals surface area (Å²) >= 11 is 0. The first-order valence-corrected chi connectivity index (χ1v) is 3.26. The third-order valence-electron chi connectivity index (χ3n) is 1.70.